The summed E-state index contributed by atoms with van der Waals surface area (Å²) in [6, 6.07) is 45.4. The van der Waals surface area contributed by atoms with E-state index in [-0.39, 0.29) is 12.3 Å². The minimum atomic E-state index is -0.172. The van der Waals surface area contributed by atoms with E-state index in [0.717, 1.165) is 43.9 Å². The first-order valence-electron chi connectivity index (χ1n) is 18.3. The SMILES string of the molecule is C[n+]1c(C=c2sc(=Cc3ccc4c(c3)C3CCCC3N4c3ccc(C=C(c4ccccc4)c4ccccc4)cc3)c(=O)n2COC=O)sc2ccccc21. The van der Waals surface area contributed by atoms with Gasteiger partial charge in [0.25, 0.3) is 17.0 Å². The Bertz CT molecular complexity index is 2670. The molecule has 0 spiro atoms. The first-order valence-corrected chi connectivity index (χ1v) is 19.9. The summed E-state index contributed by atoms with van der Waals surface area (Å²) in [4.78, 5) is 27.5. The van der Waals surface area contributed by atoms with E-state index in [1.54, 1.807) is 15.9 Å². The van der Waals surface area contributed by atoms with Gasteiger partial charge in [0.1, 0.15) is 16.4 Å². The van der Waals surface area contributed by atoms with E-state index in [9.17, 15) is 9.59 Å². The zero-order valence-corrected chi connectivity index (χ0v) is 31.4. The third kappa shape index (κ3) is 6.31. The molecule has 9 rings (SSSR count). The smallest absolute Gasteiger partial charge is 0.294 e. The number of rotatable bonds is 9. The Morgan fingerprint density at radius 1 is 0.815 bits per heavy atom. The number of hydrogen-bond donors (Lipinski definition) is 0. The third-order valence-corrected chi connectivity index (χ3v) is 12.9. The van der Waals surface area contributed by atoms with E-state index in [1.807, 2.05) is 31.3 Å². The van der Waals surface area contributed by atoms with E-state index < -0.39 is 0 Å². The van der Waals surface area contributed by atoms with Gasteiger partial charge in [-0.15, -0.1) is 11.3 Å². The lowest BCUT2D eigenvalue weighted by atomic mass is 9.95. The molecule has 1 aliphatic carbocycles. The van der Waals surface area contributed by atoms with Gasteiger partial charge in [0, 0.05) is 29.4 Å². The predicted octanol–water partition coefficient (Wildman–Crippen LogP) is 8.11. The average molecular weight is 745 g/mol. The predicted molar refractivity (Wildman–Crippen MR) is 220 cm³/mol. The zero-order valence-electron chi connectivity index (χ0n) is 29.8. The van der Waals surface area contributed by atoms with Crippen LogP contribution in [0.4, 0.5) is 11.4 Å². The molecule has 2 atom stereocenters. The molecule has 54 heavy (non-hydrogen) atoms. The fraction of sp³-hybridized carbons (Fsp3) is 0.152. The molecule has 0 amide bonds. The molecule has 1 fully saturated rings. The van der Waals surface area contributed by atoms with E-state index in [4.69, 9.17) is 4.74 Å². The fourth-order valence-corrected chi connectivity index (χ4v) is 10.3. The first kappa shape index (κ1) is 34.0. The summed E-state index contributed by atoms with van der Waals surface area (Å²) in [5.74, 6) is 0.438. The highest BCUT2D eigenvalue weighted by Gasteiger charge is 2.42. The Morgan fingerprint density at radius 2 is 1.52 bits per heavy atom. The van der Waals surface area contributed by atoms with Crippen LogP contribution < -0.4 is 24.2 Å². The molecule has 1 saturated carbocycles. The molecule has 2 aliphatic rings. The van der Waals surface area contributed by atoms with Crippen molar-refractivity contribution in [2.45, 2.75) is 38.0 Å². The summed E-state index contributed by atoms with van der Waals surface area (Å²) in [6.45, 7) is 0.252. The van der Waals surface area contributed by atoms with Crippen molar-refractivity contribution in [3.05, 3.63) is 180 Å². The van der Waals surface area contributed by atoms with Crippen LogP contribution in [-0.4, -0.2) is 17.1 Å². The Morgan fingerprint density at radius 3 is 2.24 bits per heavy atom. The van der Waals surface area contributed by atoms with Gasteiger partial charge in [0.15, 0.2) is 6.73 Å². The molecule has 0 saturated heterocycles. The number of carbonyl (C=O) groups is 1. The number of para-hydroxylation sites is 1. The van der Waals surface area contributed by atoms with Gasteiger partial charge in [-0.2, -0.15) is 4.57 Å². The summed E-state index contributed by atoms with van der Waals surface area (Å²) in [5, 5.41) is 1.01. The highest BCUT2D eigenvalue weighted by Crippen LogP contribution is 2.52. The van der Waals surface area contributed by atoms with E-state index in [2.05, 4.69) is 131 Å². The van der Waals surface area contributed by atoms with Crippen molar-refractivity contribution < 1.29 is 14.1 Å². The first-order chi connectivity index (χ1) is 26.6. The van der Waals surface area contributed by atoms with Gasteiger partial charge in [-0.3, -0.25) is 14.2 Å². The molecule has 0 radical (unpaired) electrons. The molecule has 8 heteroatoms. The number of ether oxygens (including phenoxy) is 1. The molecule has 2 unspecified atom stereocenters. The monoisotopic (exact) mass is 744 g/mol. The normalized spacial score (nSPS) is 16.8. The van der Waals surface area contributed by atoms with Crippen LogP contribution in [0.3, 0.4) is 0 Å². The van der Waals surface area contributed by atoms with Crippen molar-refractivity contribution in [3.63, 3.8) is 0 Å². The zero-order chi connectivity index (χ0) is 36.6. The largest absolute Gasteiger partial charge is 0.446 e. The van der Waals surface area contributed by atoms with E-state index >= 15 is 0 Å². The average Bonchev–Trinajstić information content (AvgIpc) is 3.96. The van der Waals surface area contributed by atoms with Gasteiger partial charge >= 0.3 is 0 Å². The van der Waals surface area contributed by atoms with Crippen LogP contribution >= 0.6 is 22.7 Å². The second-order valence-corrected chi connectivity index (χ2v) is 16.0. The quantitative estimate of drug-likeness (QED) is 0.0852. The van der Waals surface area contributed by atoms with Crippen molar-refractivity contribution >= 4 is 74.5 Å². The van der Waals surface area contributed by atoms with Crippen molar-refractivity contribution in [1.82, 2.24) is 4.57 Å². The maximum atomic E-state index is 13.8. The topological polar surface area (TPSA) is 55.4 Å². The minimum absolute atomic E-state index is 0.135. The summed E-state index contributed by atoms with van der Waals surface area (Å²) >= 11 is 3.08. The molecule has 1 aliphatic heterocycles. The molecule has 5 aromatic carbocycles. The number of thiazole rings is 2. The fourth-order valence-electron chi connectivity index (χ4n) is 8.14. The number of anilines is 2. The lowest BCUT2D eigenvalue weighted by Crippen LogP contribution is -2.33. The molecule has 6 nitrogen and oxygen atoms in total. The van der Waals surface area contributed by atoms with Crippen molar-refractivity contribution in [3.8, 4) is 0 Å². The van der Waals surface area contributed by atoms with Crippen LogP contribution in [0.5, 0.6) is 0 Å². The number of nitrogens with zero attached hydrogens (tertiary/aromatic N) is 3. The van der Waals surface area contributed by atoms with Crippen LogP contribution in [0.2, 0.25) is 0 Å². The van der Waals surface area contributed by atoms with Gasteiger partial charge in [0.05, 0.1) is 10.6 Å². The number of hydrogen-bond acceptors (Lipinski definition) is 6. The molecule has 7 aromatic rings. The summed E-state index contributed by atoms with van der Waals surface area (Å²) in [6.07, 6.45) is 9.76. The van der Waals surface area contributed by atoms with Crippen LogP contribution in [0.25, 0.3) is 34.0 Å². The third-order valence-electron chi connectivity index (χ3n) is 10.7. The highest BCUT2D eigenvalue weighted by molar-refractivity contribution is 7.19. The second-order valence-electron chi connectivity index (χ2n) is 13.9. The lowest BCUT2D eigenvalue weighted by molar-refractivity contribution is -0.642. The van der Waals surface area contributed by atoms with Crippen LogP contribution in [-0.2, 0) is 23.3 Å². The van der Waals surface area contributed by atoms with E-state index in [1.165, 1.54) is 51.4 Å². The molecular formula is C46H38N3O3S2+. The Balaban J connectivity index is 1.06. The van der Waals surface area contributed by atoms with Gasteiger partial charge in [0.2, 0.25) is 5.52 Å². The molecule has 0 N–H and O–H groups in total. The second kappa shape index (κ2) is 14.5. The maximum Gasteiger partial charge on any atom is 0.294 e. The molecule has 266 valence electrons. The number of aromatic nitrogens is 2. The Labute approximate surface area is 321 Å². The summed E-state index contributed by atoms with van der Waals surface area (Å²) in [7, 11) is 2.03. The number of fused-ring (bicyclic) bond motifs is 4. The number of carbonyl (C=O) groups excluding carboxylic acids is 1. The highest BCUT2D eigenvalue weighted by atomic mass is 32.1. The van der Waals surface area contributed by atoms with E-state index in [0.29, 0.717) is 23.0 Å². The van der Waals surface area contributed by atoms with Crippen LogP contribution in [0.15, 0.2) is 132 Å². The Hall–Kier alpha value is -5.83. The molecule has 0 bridgehead atoms. The lowest BCUT2D eigenvalue weighted by Gasteiger charge is -2.27. The number of benzene rings is 5. The minimum Gasteiger partial charge on any atom is -0.446 e. The molecule has 2 aromatic heterocycles. The molecule has 3 heterocycles. The van der Waals surface area contributed by atoms with Crippen LogP contribution in [0.1, 0.15) is 58.0 Å². The van der Waals surface area contributed by atoms with Crippen molar-refractivity contribution in [2.75, 3.05) is 4.90 Å². The van der Waals surface area contributed by atoms with Gasteiger partial charge < -0.3 is 9.64 Å². The van der Waals surface area contributed by atoms with Crippen molar-refractivity contribution in [1.29, 1.82) is 0 Å². The summed E-state index contributed by atoms with van der Waals surface area (Å²) in [5.41, 5.74) is 10.5. The van der Waals surface area contributed by atoms with Gasteiger partial charge in [-0.05, 0) is 88.7 Å². The Kier molecular flexibility index (Phi) is 9.14. The van der Waals surface area contributed by atoms with Crippen molar-refractivity contribution in [2.24, 2.45) is 7.05 Å². The number of aryl methyl sites for hydroxylation is 1. The summed E-state index contributed by atoms with van der Waals surface area (Å²) < 4.78 is 11.3. The standard InChI is InChI=1S/C46H38N3O3S2/c1-47-41-16-8-9-18-42(41)53-44(47)28-45-48(29-52-30-50)46(51)43(54-45)27-32-21-24-40-38(26-32)36-15-10-17-39(36)49(40)35-22-19-31(20-23-35)25-37(33-11-4-2-5-12-33)34-13-6-3-7-14-34/h2-9,11-14,16,18-28,30,36,39H,10,15,17,29H2,1H3/q+1. The van der Waals surface area contributed by atoms with Gasteiger partial charge in [-0.1, -0.05) is 109 Å². The van der Waals surface area contributed by atoms with Gasteiger partial charge in [-0.25, -0.2) is 0 Å². The maximum absolute atomic E-state index is 13.8. The van der Waals surface area contributed by atoms with Crippen LogP contribution in [0, 0.1) is 0 Å². The molecular weight excluding hydrogens is 707 g/mol.